The van der Waals surface area contributed by atoms with Gasteiger partial charge in [-0.15, -0.1) is 0 Å². The Morgan fingerprint density at radius 2 is 1.67 bits per heavy atom. The number of nitrogens with zero attached hydrogens (tertiary/aromatic N) is 6. The number of methoxy groups -OCH3 is 2. The topological polar surface area (TPSA) is 120 Å². The number of halogens is 1. The second-order valence-electron chi connectivity index (χ2n) is 8.19. The molecule has 1 fully saturated rings. The number of fused-ring (bicyclic) bond motifs is 1. The number of ether oxygens (including phenoxy) is 2. The van der Waals surface area contributed by atoms with Crippen LogP contribution < -0.4 is 20.1 Å². The first-order valence-corrected chi connectivity index (χ1v) is 11.7. The third-order valence-electron chi connectivity index (χ3n) is 6.04. The summed E-state index contributed by atoms with van der Waals surface area (Å²) >= 11 is 5.95. The van der Waals surface area contributed by atoms with Crippen molar-refractivity contribution < 1.29 is 14.3 Å². The summed E-state index contributed by atoms with van der Waals surface area (Å²) in [4.78, 5) is 34.8. The van der Waals surface area contributed by atoms with Crippen molar-refractivity contribution in [3.05, 3.63) is 59.2 Å². The van der Waals surface area contributed by atoms with Gasteiger partial charge < -0.3 is 25.0 Å². The minimum absolute atomic E-state index is 0.0334. The van der Waals surface area contributed by atoms with Gasteiger partial charge in [-0.1, -0.05) is 11.6 Å². The Bertz CT molecular complexity index is 1420. The number of carbonyl (C=O) groups is 1. The van der Waals surface area contributed by atoms with Crippen molar-refractivity contribution in [1.29, 1.82) is 0 Å². The molecule has 1 saturated heterocycles. The molecule has 0 bridgehead atoms. The maximum atomic E-state index is 12.9. The van der Waals surface area contributed by atoms with Crippen molar-refractivity contribution >= 4 is 40.4 Å². The van der Waals surface area contributed by atoms with Crippen molar-refractivity contribution in [3.8, 4) is 22.8 Å². The molecule has 2 aromatic carbocycles. The van der Waals surface area contributed by atoms with Gasteiger partial charge >= 0.3 is 0 Å². The van der Waals surface area contributed by atoms with E-state index in [9.17, 15) is 4.79 Å². The highest BCUT2D eigenvalue weighted by Gasteiger charge is 2.25. The maximum Gasteiger partial charge on any atom is 0.253 e. The summed E-state index contributed by atoms with van der Waals surface area (Å²) in [6.07, 6.45) is 1.64. The zero-order valence-corrected chi connectivity index (χ0v) is 20.6. The summed E-state index contributed by atoms with van der Waals surface area (Å²) in [6.45, 7) is 2.17. The Morgan fingerprint density at radius 1 is 0.944 bits per heavy atom. The number of hydrogen-bond donors (Lipinski definition) is 1. The lowest BCUT2D eigenvalue weighted by atomic mass is 10.1. The van der Waals surface area contributed by atoms with Crippen LogP contribution in [0.4, 0.5) is 11.8 Å². The summed E-state index contributed by atoms with van der Waals surface area (Å²) in [5.74, 6) is 1.88. The Morgan fingerprint density at radius 3 is 2.36 bits per heavy atom. The van der Waals surface area contributed by atoms with E-state index in [1.54, 1.807) is 44.7 Å². The van der Waals surface area contributed by atoms with Crippen LogP contribution in [-0.4, -0.2) is 71.1 Å². The van der Waals surface area contributed by atoms with E-state index in [1.807, 2.05) is 23.1 Å². The molecule has 0 atom stereocenters. The number of rotatable bonds is 5. The fourth-order valence-corrected chi connectivity index (χ4v) is 4.29. The number of hydrogen-bond acceptors (Lipinski definition) is 9. The van der Waals surface area contributed by atoms with Gasteiger partial charge in [0, 0.05) is 42.3 Å². The number of carbonyl (C=O) groups excluding carboxylic acids is 1. The number of aromatic nitrogens is 4. The van der Waals surface area contributed by atoms with Crippen LogP contribution in [0.25, 0.3) is 22.4 Å². The van der Waals surface area contributed by atoms with Crippen LogP contribution >= 0.6 is 11.6 Å². The lowest BCUT2D eigenvalue weighted by molar-refractivity contribution is 0.0746. The number of amides is 1. The first kappa shape index (κ1) is 23.6. The van der Waals surface area contributed by atoms with E-state index in [2.05, 4.69) is 19.9 Å². The van der Waals surface area contributed by atoms with Crippen LogP contribution in [0.2, 0.25) is 5.02 Å². The number of anilines is 2. The Hall–Kier alpha value is -4.18. The van der Waals surface area contributed by atoms with E-state index in [0.717, 1.165) is 5.56 Å². The summed E-state index contributed by atoms with van der Waals surface area (Å²) in [6, 6.07) is 12.5. The first-order valence-electron chi connectivity index (χ1n) is 11.3. The predicted molar refractivity (Wildman–Crippen MR) is 138 cm³/mol. The third kappa shape index (κ3) is 4.55. The molecule has 36 heavy (non-hydrogen) atoms. The lowest BCUT2D eigenvalue weighted by Gasteiger charge is -2.35. The van der Waals surface area contributed by atoms with Crippen molar-refractivity contribution in [2.24, 2.45) is 0 Å². The monoisotopic (exact) mass is 505 g/mol. The fraction of sp³-hybridized carbons (Fsp3) is 0.240. The van der Waals surface area contributed by atoms with E-state index in [4.69, 9.17) is 31.8 Å². The van der Waals surface area contributed by atoms with Crippen LogP contribution in [0.5, 0.6) is 11.5 Å². The Kier molecular flexibility index (Phi) is 6.43. The molecule has 0 aliphatic carbocycles. The van der Waals surface area contributed by atoms with Crippen LogP contribution in [0, 0.1) is 0 Å². The van der Waals surface area contributed by atoms with E-state index in [-0.39, 0.29) is 11.9 Å². The molecule has 1 amide bonds. The molecule has 0 spiro atoms. The van der Waals surface area contributed by atoms with Crippen molar-refractivity contribution in [2.45, 2.75) is 0 Å². The number of nitrogens with two attached hydrogens (primary N) is 1. The van der Waals surface area contributed by atoms with Gasteiger partial charge in [-0.05, 0) is 42.5 Å². The Labute approximate surface area is 212 Å². The second-order valence-corrected chi connectivity index (χ2v) is 8.63. The molecule has 1 aliphatic heterocycles. The van der Waals surface area contributed by atoms with Gasteiger partial charge in [-0.3, -0.25) is 4.79 Å². The molecule has 2 aromatic heterocycles. The molecule has 3 heterocycles. The van der Waals surface area contributed by atoms with Crippen LogP contribution in [0.1, 0.15) is 10.4 Å². The average Bonchev–Trinajstić information content (AvgIpc) is 2.92. The highest BCUT2D eigenvalue weighted by atomic mass is 35.5. The van der Waals surface area contributed by atoms with Gasteiger partial charge in [0.2, 0.25) is 5.95 Å². The normalized spacial score (nSPS) is 13.6. The van der Waals surface area contributed by atoms with Gasteiger partial charge in [0.1, 0.15) is 0 Å². The number of benzene rings is 2. The van der Waals surface area contributed by atoms with Gasteiger partial charge in [-0.25, -0.2) is 9.97 Å². The molecule has 2 N–H and O–H groups in total. The van der Waals surface area contributed by atoms with E-state index >= 15 is 0 Å². The van der Waals surface area contributed by atoms with Crippen molar-refractivity contribution in [3.63, 3.8) is 0 Å². The highest BCUT2D eigenvalue weighted by molar-refractivity contribution is 6.30. The summed E-state index contributed by atoms with van der Waals surface area (Å²) < 4.78 is 10.8. The number of nitrogen functional groups attached to an aromatic ring is 1. The van der Waals surface area contributed by atoms with E-state index in [1.165, 1.54) is 0 Å². The molecule has 0 unspecified atom stereocenters. The Balaban J connectivity index is 1.42. The van der Waals surface area contributed by atoms with Gasteiger partial charge in [-0.2, -0.15) is 9.97 Å². The van der Waals surface area contributed by atoms with Crippen molar-refractivity contribution in [1.82, 2.24) is 24.8 Å². The molecular weight excluding hydrogens is 482 g/mol. The third-order valence-corrected chi connectivity index (χ3v) is 6.29. The summed E-state index contributed by atoms with van der Waals surface area (Å²) in [5, 5.41) is 0.596. The quantitative estimate of drug-likeness (QED) is 0.435. The molecule has 0 radical (unpaired) electrons. The van der Waals surface area contributed by atoms with E-state index < -0.39 is 0 Å². The standard InChI is InChI=1S/C25H24ClN7O3/c1-35-19-8-5-16(13-20(19)36-2)18-14-28-22-21(29-18)23(31-25(27)30-22)32-9-11-33(12-10-32)24(34)15-3-6-17(26)7-4-15/h3-8,13-14H,9-12H2,1-2H3,(H2,27,28,30,31). The molecule has 4 aromatic rings. The minimum Gasteiger partial charge on any atom is -0.493 e. The molecule has 0 saturated carbocycles. The summed E-state index contributed by atoms with van der Waals surface area (Å²) in [7, 11) is 3.17. The van der Waals surface area contributed by atoms with Crippen molar-refractivity contribution in [2.75, 3.05) is 51.0 Å². The molecule has 1 aliphatic rings. The number of piperazine rings is 1. The molecular formula is C25H24ClN7O3. The van der Waals surface area contributed by atoms with Crippen LogP contribution in [0.3, 0.4) is 0 Å². The molecule has 11 heteroatoms. The fourth-order valence-electron chi connectivity index (χ4n) is 4.16. The zero-order chi connectivity index (χ0) is 25.2. The van der Waals surface area contributed by atoms with Crippen LogP contribution in [0.15, 0.2) is 48.7 Å². The van der Waals surface area contributed by atoms with Gasteiger partial charge in [0.15, 0.2) is 28.5 Å². The molecule has 10 nitrogen and oxygen atoms in total. The lowest BCUT2D eigenvalue weighted by Crippen LogP contribution is -2.49. The van der Waals surface area contributed by atoms with E-state index in [0.29, 0.717) is 70.9 Å². The zero-order valence-electron chi connectivity index (χ0n) is 19.8. The first-order chi connectivity index (χ1) is 17.5. The van der Waals surface area contributed by atoms with Crippen LogP contribution in [-0.2, 0) is 0 Å². The van der Waals surface area contributed by atoms with Gasteiger partial charge in [0.05, 0.1) is 26.1 Å². The SMILES string of the molecule is COc1ccc(-c2cnc3nc(N)nc(N4CCN(C(=O)c5ccc(Cl)cc5)CC4)c3n2)cc1OC. The average molecular weight is 506 g/mol. The minimum atomic E-state index is -0.0334. The highest BCUT2D eigenvalue weighted by Crippen LogP contribution is 2.33. The predicted octanol–water partition coefficient (Wildman–Crippen LogP) is 3.30. The largest absolute Gasteiger partial charge is 0.493 e. The smallest absolute Gasteiger partial charge is 0.253 e. The maximum absolute atomic E-state index is 12.9. The van der Waals surface area contributed by atoms with Gasteiger partial charge in [0.25, 0.3) is 5.91 Å². The second kappa shape index (κ2) is 9.82. The summed E-state index contributed by atoms with van der Waals surface area (Å²) in [5.41, 5.74) is 8.98. The molecule has 184 valence electrons. The molecule has 5 rings (SSSR count).